The van der Waals surface area contributed by atoms with Gasteiger partial charge < -0.3 is 24.2 Å². The van der Waals surface area contributed by atoms with Crippen LogP contribution in [0.1, 0.15) is 0 Å². The second-order valence-electron chi connectivity index (χ2n) is 4.14. The van der Waals surface area contributed by atoms with E-state index < -0.39 is 7.82 Å². The van der Waals surface area contributed by atoms with Crippen LogP contribution < -0.4 is 9.47 Å². The number of phosphoric acid groups is 1. The zero-order valence-electron chi connectivity index (χ0n) is 10.8. The molecule has 0 radical (unpaired) electrons. The maximum atomic E-state index is 8.88. The predicted molar refractivity (Wildman–Crippen MR) is 87.3 cm³/mol. The summed E-state index contributed by atoms with van der Waals surface area (Å²) in [5, 5.41) is 1.56. The molecule has 0 fully saturated rings. The first-order valence-corrected chi connectivity index (χ1v) is 8.74. The van der Waals surface area contributed by atoms with Gasteiger partial charge in [-0.1, -0.05) is 46.4 Å². The minimum atomic E-state index is -4.64. The molecular formula is C12H7Cl4O6P. The summed E-state index contributed by atoms with van der Waals surface area (Å²) in [6.45, 7) is 0. The van der Waals surface area contributed by atoms with Crippen molar-refractivity contribution in [3.63, 3.8) is 0 Å². The fourth-order valence-electron chi connectivity index (χ4n) is 1.58. The highest BCUT2D eigenvalue weighted by molar-refractivity contribution is 7.45. The number of fused-ring (bicyclic) bond motifs is 2. The monoisotopic (exact) mass is 418 g/mol. The van der Waals surface area contributed by atoms with Crippen molar-refractivity contribution < 1.29 is 28.7 Å². The molecule has 0 amide bonds. The van der Waals surface area contributed by atoms with Crippen molar-refractivity contribution in [1.29, 1.82) is 0 Å². The molecule has 3 N–H and O–H groups in total. The molecule has 0 saturated heterocycles. The van der Waals surface area contributed by atoms with Gasteiger partial charge in [-0.15, -0.1) is 0 Å². The van der Waals surface area contributed by atoms with Gasteiger partial charge >= 0.3 is 7.82 Å². The molecule has 11 heteroatoms. The summed E-state index contributed by atoms with van der Waals surface area (Å²) in [5.41, 5.74) is 0. The molecule has 1 aliphatic rings. The summed E-state index contributed by atoms with van der Waals surface area (Å²) in [5.74, 6) is 1.93. The molecule has 3 rings (SSSR count). The summed E-state index contributed by atoms with van der Waals surface area (Å²) in [4.78, 5) is 21.6. The Hall–Kier alpha value is -0.690. The third-order valence-electron chi connectivity index (χ3n) is 2.41. The first kappa shape index (κ1) is 18.6. The van der Waals surface area contributed by atoms with Gasteiger partial charge in [0.25, 0.3) is 0 Å². The van der Waals surface area contributed by atoms with Crippen LogP contribution in [0.15, 0.2) is 24.3 Å². The second kappa shape index (κ2) is 7.05. The summed E-state index contributed by atoms with van der Waals surface area (Å²) in [7, 11) is -4.64. The van der Waals surface area contributed by atoms with Gasteiger partial charge in [-0.3, -0.25) is 0 Å². The highest BCUT2D eigenvalue weighted by Gasteiger charge is 2.21. The minimum absolute atomic E-state index is 0.391. The van der Waals surface area contributed by atoms with E-state index in [1.165, 1.54) is 0 Å². The van der Waals surface area contributed by atoms with E-state index in [0.29, 0.717) is 43.1 Å². The number of rotatable bonds is 0. The molecule has 0 aromatic heterocycles. The van der Waals surface area contributed by atoms with Crippen molar-refractivity contribution in [2.24, 2.45) is 0 Å². The minimum Gasteiger partial charge on any atom is -0.449 e. The normalized spacial score (nSPS) is 12.1. The van der Waals surface area contributed by atoms with Crippen LogP contribution in [-0.2, 0) is 4.57 Å². The lowest BCUT2D eigenvalue weighted by atomic mass is 10.2. The Bertz CT molecular complexity index is 687. The van der Waals surface area contributed by atoms with E-state index in [1.54, 1.807) is 24.3 Å². The molecule has 0 saturated carbocycles. The molecule has 124 valence electrons. The van der Waals surface area contributed by atoms with E-state index in [0.717, 1.165) is 0 Å². The average Bonchev–Trinajstić information content (AvgIpc) is 2.38. The third-order valence-corrected chi connectivity index (χ3v) is 3.86. The topological polar surface area (TPSA) is 96.2 Å². The highest BCUT2D eigenvalue weighted by Crippen LogP contribution is 2.49. The van der Waals surface area contributed by atoms with Crippen molar-refractivity contribution in [3.05, 3.63) is 44.4 Å². The largest absolute Gasteiger partial charge is 0.466 e. The fraction of sp³-hybridized carbons (Fsp3) is 0. The molecule has 2 aromatic rings. The van der Waals surface area contributed by atoms with E-state index >= 15 is 0 Å². The predicted octanol–water partition coefficient (Wildman–Crippen LogP) is 5.27. The highest BCUT2D eigenvalue weighted by atomic mass is 35.5. The maximum absolute atomic E-state index is 8.88. The van der Waals surface area contributed by atoms with Gasteiger partial charge in [-0.05, 0) is 0 Å². The average molecular weight is 420 g/mol. The van der Waals surface area contributed by atoms with Crippen LogP contribution in [0.25, 0.3) is 0 Å². The number of halogens is 4. The quantitative estimate of drug-likeness (QED) is 0.429. The molecule has 2 aromatic carbocycles. The number of hydrogen-bond acceptors (Lipinski definition) is 3. The zero-order valence-corrected chi connectivity index (χ0v) is 14.8. The van der Waals surface area contributed by atoms with E-state index in [2.05, 4.69) is 0 Å². The smallest absolute Gasteiger partial charge is 0.449 e. The Balaban J connectivity index is 0.000000338. The first-order chi connectivity index (χ1) is 10.5. The number of ether oxygens (including phenoxy) is 2. The summed E-state index contributed by atoms with van der Waals surface area (Å²) < 4.78 is 20.2. The lowest BCUT2D eigenvalue weighted by Gasteiger charge is -2.21. The Morgan fingerprint density at radius 1 is 0.652 bits per heavy atom. The molecule has 0 bridgehead atoms. The van der Waals surface area contributed by atoms with Crippen LogP contribution in [0.3, 0.4) is 0 Å². The summed E-state index contributed by atoms with van der Waals surface area (Å²) >= 11 is 23.7. The van der Waals surface area contributed by atoms with Crippen LogP contribution in [0, 0.1) is 0 Å². The van der Waals surface area contributed by atoms with Gasteiger partial charge in [0.1, 0.15) is 0 Å². The van der Waals surface area contributed by atoms with Crippen LogP contribution in [0.2, 0.25) is 20.1 Å². The van der Waals surface area contributed by atoms with Crippen LogP contribution in [0.5, 0.6) is 23.0 Å². The standard InChI is InChI=1S/C12H4Cl4O2.H3O4P/c13-5-1-9-10(2-6(5)14)18-12-4-8(16)7(15)3-11(12)17-9;1-5(2,3)4/h1-4H;(H3,1,2,3,4). The van der Waals surface area contributed by atoms with Gasteiger partial charge in [0.05, 0.1) is 20.1 Å². The van der Waals surface area contributed by atoms with Crippen molar-refractivity contribution in [3.8, 4) is 23.0 Å². The molecule has 0 aliphatic carbocycles. The molecule has 0 atom stereocenters. The molecule has 1 aliphatic heterocycles. The number of hydrogen-bond donors (Lipinski definition) is 3. The lowest BCUT2D eigenvalue weighted by molar-refractivity contribution is 0.275. The fourth-order valence-corrected chi connectivity index (χ4v) is 2.19. The molecule has 23 heavy (non-hydrogen) atoms. The number of benzene rings is 2. The second-order valence-corrected chi connectivity index (χ2v) is 6.80. The van der Waals surface area contributed by atoms with E-state index in [1.807, 2.05) is 0 Å². The van der Waals surface area contributed by atoms with Crippen molar-refractivity contribution in [2.75, 3.05) is 0 Å². The Morgan fingerprint density at radius 3 is 1.00 bits per heavy atom. The lowest BCUT2D eigenvalue weighted by Crippen LogP contribution is -1.99. The van der Waals surface area contributed by atoms with Crippen LogP contribution in [-0.4, -0.2) is 14.7 Å². The van der Waals surface area contributed by atoms with Crippen molar-refractivity contribution >= 4 is 54.2 Å². The maximum Gasteiger partial charge on any atom is 0.466 e. The molecule has 6 nitrogen and oxygen atoms in total. The van der Waals surface area contributed by atoms with Gasteiger partial charge in [0.2, 0.25) is 0 Å². The van der Waals surface area contributed by atoms with Crippen molar-refractivity contribution in [2.45, 2.75) is 0 Å². The zero-order chi connectivity index (χ0) is 17.4. The van der Waals surface area contributed by atoms with Gasteiger partial charge in [-0.25, -0.2) is 4.57 Å². The molecule has 1 heterocycles. The van der Waals surface area contributed by atoms with Crippen LogP contribution in [0.4, 0.5) is 0 Å². The Labute approximate surface area is 150 Å². The van der Waals surface area contributed by atoms with Crippen molar-refractivity contribution in [1.82, 2.24) is 0 Å². The molecule has 0 unspecified atom stereocenters. The van der Waals surface area contributed by atoms with E-state index in [9.17, 15) is 0 Å². The third kappa shape index (κ3) is 5.14. The summed E-state index contributed by atoms with van der Waals surface area (Å²) in [6, 6.07) is 6.35. The summed E-state index contributed by atoms with van der Waals surface area (Å²) in [6.07, 6.45) is 0. The SMILES string of the molecule is Clc1cc2c(cc1Cl)Oc1cc(Cl)c(Cl)cc1O2.O=P(O)(O)O. The van der Waals surface area contributed by atoms with Gasteiger partial charge in [0, 0.05) is 24.3 Å². The Kier molecular flexibility index (Phi) is 5.72. The van der Waals surface area contributed by atoms with Crippen LogP contribution >= 0.6 is 54.2 Å². The molecular weight excluding hydrogens is 413 g/mol. The van der Waals surface area contributed by atoms with Gasteiger partial charge in [0.15, 0.2) is 23.0 Å². The Morgan fingerprint density at radius 2 is 0.826 bits per heavy atom. The van der Waals surface area contributed by atoms with Gasteiger partial charge in [-0.2, -0.15) is 0 Å². The first-order valence-electron chi connectivity index (χ1n) is 5.66. The molecule has 0 spiro atoms. The van der Waals surface area contributed by atoms with E-state index in [-0.39, 0.29) is 0 Å². The van der Waals surface area contributed by atoms with E-state index in [4.69, 9.17) is 75.1 Å².